The molecule has 1 aliphatic rings. The molecule has 2 atom stereocenters. The normalized spacial score (nSPS) is 25.0. The lowest BCUT2D eigenvalue weighted by Gasteiger charge is -2.19. The molecule has 1 aromatic carbocycles. The van der Waals surface area contributed by atoms with E-state index in [-0.39, 0.29) is 17.9 Å². The molecule has 2 nitrogen and oxygen atoms in total. The molecule has 0 bridgehead atoms. The predicted octanol–water partition coefficient (Wildman–Crippen LogP) is 2.44. The number of rotatable bonds is 2. The molecule has 2 rings (SSSR count). The second-order valence-electron chi connectivity index (χ2n) is 4.11. The highest BCUT2D eigenvalue weighted by Crippen LogP contribution is 2.34. The molecular formula is C13H15NO. The molecule has 2 unspecified atom stereocenters. The van der Waals surface area contributed by atoms with Gasteiger partial charge in [0.1, 0.15) is 0 Å². The predicted molar refractivity (Wildman–Crippen MR) is 60.2 cm³/mol. The quantitative estimate of drug-likeness (QED) is 0.731. The smallest absolute Gasteiger partial charge is 0.221 e. The Morgan fingerprint density at radius 3 is 2.67 bits per heavy atom. The van der Waals surface area contributed by atoms with E-state index in [1.165, 1.54) is 0 Å². The number of hydrogen-bond donors (Lipinski definition) is 1. The average Bonchev–Trinajstić information content (AvgIpc) is 2.62. The molecule has 1 saturated heterocycles. The van der Waals surface area contributed by atoms with E-state index in [0.29, 0.717) is 6.42 Å². The van der Waals surface area contributed by atoms with Crippen molar-refractivity contribution >= 4 is 5.91 Å². The van der Waals surface area contributed by atoms with E-state index in [9.17, 15) is 4.79 Å². The Bertz CT molecular complexity index is 383. The molecule has 78 valence electrons. The molecule has 2 heteroatoms. The van der Waals surface area contributed by atoms with Crippen molar-refractivity contribution in [1.82, 2.24) is 5.32 Å². The van der Waals surface area contributed by atoms with Gasteiger partial charge < -0.3 is 5.32 Å². The molecule has 1 N–H and O–H groups in total. The van der Waals surface area contributed by atoms with Crippen molar-refractivity contribution in [3.8, 4) is 0 Å². The average molecular weight is 201 g/mol. The highest BCUT2D eigenvalue weighted by molar-refractivity contribution is 5.80. The summed E-state index contributed by atoms with van der Waals surface area (Å²) in [6.07, 6.45) is 0.564. The Morgan fingerprint density at radius 1 is 1.40 bits per heavy atom. The molecule has 1 aliphatic heterocycles. The van der Waals surface area contributed by atoms with Crippen LogP contribution < -0.4 is 5.32 Å². The lowest BCUT2D eigenvalue weighted by Crippen LogP contribution is -2.20. The van der Waals surface area contributed by atoms with Crippen LogP contribution in [0.1, 0.15) is 24.9 Å². The van der Waals surface area contributed by atoms with Crippen LogP contribution >= 0.6 is 0 Å². The maximum atomic E-state index is 11.4. The summed E-state index contributed by atoms with van der Waals surface area (Å²) in [5.41, 5.74) is 2.23. The number of nitrogens with one attached hydrogen (secondary N) is 1. The maximum absolute atomic E-state index is 11.4. The Balaban J connectivity index is 2.28. The van der Waals surface area contributed by atoms with Gasteiger partial charge in [-0.15, -0.1) is 0 Å². The van der Waals surface area contributed by atoms with Gasteiger partial charge >= 0.3 is 0 Å². The van der Waals surface area contributed by atoms with Crippen LogP contribution in [0.2, 0.25) is 0 Å². The van der Waals surface area contributed by atoms with Crippen LogP contribution in [0, 0.1) is 5.92 Å². The van der Waals surface area contributed by atoms with Gasteiger partial charge in [-0.1, -0.05) is 42.5 Å². The van der Waals surface area contributed by atoms with E-state index in [0.717, 1.165) is 11.1 Å². The van der Waals surface area contributed by atoms with E-state index in [4.69, 9.17) is 0 Å². The first-order valence-electron chi connectivity index (χ1n) is 5.18. The van der Waals surface area contributed by atoms with Crippen molar-refractivity contribution in [1.29, 1.82) is 0 Å². The summed E-state index contributed by atoms with van der Waals surface area (Å²) in [7, 11) is 0. The SMILES string of the molecule is C=C(C)C1CC(=O)NC1c1ccccc1. The van der Waals surface area contributed by atoms with Crippen LogP contribution in [-0.2, 0) is 4.79 Å². The van der Waals surface area contributed by atoms with Crippen LogP contribution in [-0.4, -0.2) is 5.91 Å². The zero-order chi connectivity index (χ0) is 10.8. The second kappa shape index (κ2) is 3.89. The molecule has 0 radical (unpaired) electrons. The van der Waals surface area contributed by atoms with E-state index in [1.807, 2.05) is 37.3 Å². The molecule has 0 spiro atoms. The van der Waals surface area contributed by atoms with Gasteiger partial charge in [0.05, 0.1) is 6.04 Å². The Kier molecular flexibility index (Phi) is 2.58. The van der Waals surface area contributed by atoms with Gasteiger partial charge in [-0.3, -0.25) is 4.79 Å². The van der Waals surface area contributed by atoms with Crippen LogP contribution in [0.25, 0.3) is 0 Å². The second-order valence-corrected chi connectivity index (χ2v) is 4.11. The van der Waals surface area contributed by atoms with Crippen molar-refractivity contribution in [2.45, 2.75) is 19.4 Å². The van der Waals surface area contributed by atoms with E-state index >= 15 is 0 Å². The third kappa shape index (κ3) is 1.94. The third-order valence-corrected chi connectivity index (χ3v) is 2.92. The molecule has 15 heavy (non-hydrogen) atoms. The first-order chi connectivity index (χ1) is 7.18. The summed E-state index contributed by atoms with van der Waals surface area (Å²) in [6.45, 7) is 5.94. The van der Waals surface area contributed by atoms with Crippen LogP contribution in [0.15, 0.2) is 42.5 Å². The van der Waals surface area contributed by atoms with Crippen LogP contribution in [0.3, 0.4) is 0 Å². The number of hydrogen-bond acceptors (Lipinski definition) is 1. The lowest BCUT2D eigenvalue weighted by molar-refractivity contribution is -0.119. The molecule has 1 amide bonds. The minimum atomic E-state index is 0.108. The van der Waals surface area contributed by atoms with Crippen molar-refractivity contribution in [3.63, 3.8) is 0 Å². The fraction of sp³-hybridized carbons (Fsp3) is 0.308. The summed E-state index contributed by atoms with van der Waals surface area (Å²) in [5, 5.41) is 3.00. The van der Waals surface area contributed by atoms with Gasteiger partial charge in [0, 0.05) is 12.3 Å². The zero-order valence-corrected chi connectivity index (χ0v) is 8.86. The van der Waals surface area contributed by atoms with Crippen molar-refractivity contribution in [2.24, 2.45) is 5.92 Å². The molecular weight excluding hydrogens is 186 g/mol. The third-order valence-electron chi connectivity index (χ3n) is 2.92. The van der Waals surface area contributed by atoms with Gasteiger partial charge in [0.15, 0.2) is 0 Å². The van der Waals surface area contributed by atoms with Crippen LogP contribution in [0.4, 0.5) is 0 Å². The fourth-order valence-corrected chi connectivity index (χ4v) is 2.09. The molecule has 0 aromatic heterocycles. The monoisotopic (exact) mass is 201 g/mol. The van der Waals surface area contributed by atoms with Gasteiger partial charge in [-0.2, -0.15) is 0 Å². The Morgan fingerprint density at radius 2 is 2.07 bits per heavy atom. The van der Waals surface area contributed by atoms with E-state index < -0.39 is 0 Å². The van der Waals surface area contributed by atoms with Crippen molar-refractivity contribution in [2.75, 3.05) is 0 Å². The number of carbonyl (C=O) groups excluding carboxylic acids is 1. The fourth-order valence-electron chi connectivity index (χ4n) is 2.09. The highest BCUT2D eigenvalue weighted by atomic mass is 16.2. The summed E-state index contributed by atoms with van der Waals surface area (Å²) in [5.74, 6) is 0.358. The summed E-state index contributed by atoms with van der Waals surface area (Å²) in [4.78, 5) is 11.4. The maximum Gasteiger partial charge on any atom is 0.221 e. The summed E-state index contributed by atoms with van der Waals surface area (Å²) in [6, 6.07) is 10.2. The molecule has 1 heterocycles. The lowest BCUT2D eigenvalue weighted by atomic mass is 9.89. The van der Waals surface area contributed by atoms with Crippen molar-refractivity contribution in [3.05, 3.63) is 48.0 Å². The molecule has 0 saturated carbocycles. The van der Waals surface area contributed by atoms with Gasteiger partial charge in [0.2, 0.25) is 5.91 Å². The van der Waals surface area contributed by atoms with Gasteiger partial charge in [-0.05, 0) is 12.5 Å². The minimum absolute atomic E-state index is 0.108. The van der Waals surface area contributed by atoms with Gasteiger partial charge in [0.25, 0.3) is 0 Å². The first-order valence-corrected chi connectivity index (χ1v) is 5.18. The van der Waals surface area contributed by atoms with Crippen LogP contribution in [0.5, 0.6) is 0 Å². The number of benzene rings is 1. The highest BCUT2D eigenvalue weighted by Gasteiger charge is 2.33. The first kappa shape index (κ1) is 9.97. The van der Waals surface area contributed by atoms with Crippen molar-refractivity contribution < 1.29 is 4.79 Å². The summed E-state index contributed by atoms with van der Waals surface area (Å²) < 4.78 is 0. The topological polar surface area (TPSA) is 29.1 Å². The largest absolute Gasteiger partial charge is 0.349 e. The molecule has 0 aliphatic carbocycles. The minimum Gasteiger partial charge on any atom is -0.349 e. The number of amides is 1. The van der Waals surface area contributed by atoms with Gasteiger partial charge in [-0.25, -0.2) is 0 Å². The Labute approximate surface area is 90.0 Å². The number of carbonyl (C=O) groups is 1. The molecule has 1 aromatic rings. The molecule has 1 fully saturated rings. The Hall–Kier alpha value is -1.57. The van der Waals surface area contributed by atoms with E-state index in [2.05, 4.69) is 11.9 Å². The summed E-state index contributed by atoms with van der Waals surface area (Å²) >= 11 is 0. The standard InChI is InChI=1S/C13H15NO/c1-9(2)11-8-12(15)14-13(11)10-6-4-3-5-7-10/h3-7,11,13H,1,8H2,2H3,(H,14,15). The van der Waals surface area contributed by atoms with E-state index in [1.54, 1.807) is 0 Å². The zero-order valence-electron chi connectivity index (χ0n) is 8.86.